The minimum absolute atomic E-state index is 0.0104. The molecule has 1 fully saturated rings. The van der Waals surface area contributed by atoms with Gasteiger partial charge in [0.25, 0.3) is 5.78 Å². The molecule has 0 spiro atoms. The summed E-state index contributed by atoms with van der Waals surface area (Å²) in [5, 5.41) is 11.8. The summed E-state index contributed by atoms with van der Waals surface area (Å²) in [6.07, 6.45) is 0. The number of ketones is 1. The molecule has 1 atom stereocenters. The molecule has 0 saturated carbocycles. The molecule has 1 N–H and O–H groups in total. The van der Waals surface area contributed by atoms with Crippen LogP contribution >= 0.6 is 11.3 Å². The van der Waals surface area contributed by atoms with Gasteiger partial charge in [-0.25, -0.2) is 4.98 Å². The maximum atomic E-state index is 13.7. The van der Waals surface area contributed by atoms with Gasteiger partial charge >= 0.3 is 5.91 Å². The van der Waals surface area contributed by atoms with E-state index in [2.05, 4.69) is 0 Å². The summed E-state index contributed by atoms with van der Waals surface area (Å²) in [6.45, 7) is 6.58. The Morgan fingerprint density at radius 1 is 0.907 bits per heavy atom. The second kappa shape index (κ2) is 11.7. The summed E-state index contributed by atoms with van der Waals surface area (Å²) < 4.78 is 13.0. The van der Waals surface area contributed by atoms with E-state index in [1.165, 1.54) is 16.2 Å². The fourth-order valence-electron chi connectivity index (χ4n) is 5.38. The van der Waals surface area contributed by atoms with Gasteiger partial charge in [-0.3, -0.25) is 14.5 Å². The minimum Gasteiger partial charge on any atom is -0.507 e. The third-order valence-electron chi connectivity index (χ3n) is 7.34. The van der Waals surface area contributed by atoms with Crippen molar-refractivity contribution in [2.45, 2.75) is 33.4 Å². The zero-order valence-electron chi connectivity index (χ0n) is 24.0. The van der Waals surface area contributed by atoms with Crippen molar-refractivity contribution in [3.05, 3.63) is 124 Å². The Kier molecular flexibility index (Phi) is 7.69. The molecular formula is C35H30N2O5S. The number of fused-ring (bicyclic) bond motifs is 1. The van der Waals surface area contributed by atoms with Crippen LogP contribution < -0.4 is 14.4 Å². The minimum atomic E-state index is -0.940. The number of carbonyl (C=O) groups excluding carboxylic acids is 2. The number of rotatable bonds is 8. The van der Waals surface area contributed by atoms with Crippen LogP contribution in [0, 0.1) is 13.8 Å². The van der Waals surface area contributed by atoms with Gasteiger partial charge in [0.2, 0.25) is 0 Å². The molecule has 43 heavy (non-hydrogen) atoms. The lowest BCUT2D eigenvalue weighted by Crippen LogP contribution is -2.29. The van der Waals surface area contributed by atoms with Crippen LogP contribution in [0.3, 0.4) is 0 Å². The molecule has 2 heterocycles. The zero-order valence-corrected chi connectivity index (χ0v) is 24.9. The number of aliphatic hydroxyl groups excluding tert-OH is 1. The Bertz CT molecular complexity index is 1860. The van der Waals surface area contributed by atoms with Gasteiger partial charge in [0.05, 0.1) is 28.4 Å². The molecule has 1 aromatic heterocycles. The Hall–Kier alpha value is -4.95. The SMILES string of the molecule is CCOc1cc(C2C(=C(O)c3ccccc3)C(=O)C(=O)N2c2nc3c(C)cc(C)cc3s2)ccc1OCc1ccccc1. The van der Waals surface area contributed by atoms with Crippen molar-refractivity contribution in [3.8, 4) is 11.5 Å². The van der Waals surface area contributed by atoms with Gasteiger partial charge < -0.3 is 14.6 Å². The third kappa shape index (κ3) is 5.37. The molecule has 1 aliphatic rings. The van der Waals surface area contributed by atoms with Crippen LogP contribution in [0.4, 0.5) is 5.13 Å². The number of carbonyl (C=O) groups is 2. The van der Waals surface area contributed by atoms with Gasteiger partial charge in [0.15, 0.2) is 16.6 Å². The largest absolute Gasteiger partial charge is 0.507 e. The first-order chi connectivity index (χ1) is 20.9. The molecule has 4 aromatic carbocycles. The van der Waals surface area contributed by atoms with Crippen molar-refractivity contribution in [3.63, 3.8) is 0 Å². The van der Waals surface area contributed by atoms with Crippen LogP contribution in [-0.2, 0) is 16.2 Å². The van der Waals surface area contributed by atoms with E-state index >= 15 is 0 Å². The van der Waals surface area contributed by atoms with Gasteiger partial charge in [-0.15, -0.1) is 0 Å². The highest BCUT2D eigenvalue weighted by atomic mass is 32.1. The lowest BCUT2D eigenvalue weighted by molar-refractivity contribution is -0.132. The van der Waals surface area contributed by atoms with E-state index in [1.54, 1.807) is 42.5 Å². The lowest BCUT2D eigenvalue weighted by atomic mass is 9.95. The number of thiazole rings is 1. The van der Waals surface area contributed by atoms with Crippen LogP contribution in [-0.4, -0.2) is 28.4 Å². The highest BCUT2D eigenvalue weighted by Crippen LogP contribution is 2.46. The Balaban J connectivity index is 1.50. The topological polar surface area (TPSA) is 89.0 Å². The van der Waals surface area contributed by atoms with Gasteiger partial charge in [0, 0.05) is 5.56 Å². The molecule has 0 bridgehead atoms. The van der Waals surface area contributed by atoms with Gasteiger partial charge in [-0.2, -0.15) is 0 Å². The summed E-state index contributed by atoms with van der Waals surface area (Å²) in [5.41, 5.74) is 4.85. The second-order valence-corrected chi connectivity index (χ2v) is 11.4. The van der Waals surface area contributed by atoms with Crippen LogP contribution in [0.15, 0.2) is 96.6 Å². The van der Waals surface area contributed by atoms with Crippen molar-refractivity contribution < 1.29 is 24.2 Å². The van der Waals surface area contributed by atoms with E-state index in [0.29, 0.717) is 41.0 Å². The highest BCUT2D eigenvalue weighted by Gasteiger charge is 2.48. The predicted molar refractivity (Wildman–Crippen MR) is 169 cm³/mol. The summed E-state index contributed by atoms with van der Waals surface area (Å²) in [7, 11) is 0. The first-order valence-corrected chi connectivity index (χ1v) is 14.8. The summed E-state index contributed by atoms with van der Waals surface area (Å²) in [6, 6.07) is 27.0. The number of hydrogen-bond donors (Lipinski definition) is 1. The Labute approximate surface area is 253 Å². The maximum absolute atomic E-state index is 13.7. The number of hydrogen-bond acceptors (Lipinski definition) is 7. The summed E-state index contributed by atoms with van der Waals surface area (Å²) >= 11 is 1.34. The van der Waals surface area contributed by atoms with Crippen molar-refractivity contribution in [1.82, 2.24) is 4.98 Å². The Morgan fingerprint density at radius 3 is 2.35 bits per heavy atom. The molecule has 0 radical (unpaired) electrons. The number of nitrogens with zero attached hydrogens (tertiary/aromatic N) is 2. The number of ether oxygens (including phenoxy) is 2. The molecule has 216 valence electrons. The average molecular weight is 591 g/mol. The molecule has 1 unspecified atom stereocenters. The quantitative estimate of drug-likeness (QED) is 0.114. The van der Waals surface area contributed by atoms with E-state index in [0.717, 1.165) is 26.9 Å². The molecule has 1 aliphatic heterocycles. The third-order valence-corrected chi connectivity index (χ3v) is 8.34. The van der Waals surface area contributed by atoms with Crippen molar-refractivity contribution in [2.75, 3.05) is 11.5 Å². The fourth-order valence-corrected chi connectivity index (χ4v) is 6.54. The highest BCUT2D eigenvalue weighted by molar-refractivity contribution is 7.22. The number of aryl methyl sites for hydroxylation is 2. The molecule has 5 aromatic rings. The van der Waals surface area contributed by atoms with Gasteiger partial charge in [-0.05, 0) is 61.2 Å². The zero-order chi connectivity index (χ0) is 30.1. The van der Waals surface area contributed by atoms with E-state index in [4.69, 9.17) is 14.5 Å². The van der Waals surface area contributed by atoms with Crippen molar-refractivity contribution in [2.24, 2.45) is 0 Å². The Morgan fingerprint density at radius 2 is 1.63 bits per heavy atom. The molecule has 6 rings (SSSR count). The number of anilines is 1. The predicted octanol–water partition coefficient (Wildman–Crippen LogP) is 7.52. The van der Waals surface area contributed by atoms with E-state index in [1.807, 2.05) is 69.3 Å². The molecule has 1 saturated heterocycles. The monoisotopic (exact) mass is 590 g/mol. The van der Waals surface area contributed by atoms with Crippen LogP contribution in [0.25, 0.3) is 16.0 Å². The molecule has 7 nitrogen and oxygen atoms in total. The molecule has 1 amide bonds. The maximum Gasteiger partial charge on any atom is 0.301 e. The first kappa shape index (κ1) is 28.2. The normalized spacial score (nSPS) is 16.2. The van der Waals surface area contributed by atoms with E-state index in [9.17, 15) is 14.7 Å². The smallest absolute Gasteiger partial charge is 0.301 e. The number of Topliss-reactive ketones (excluding diaryl/α,β-unsaturated/α-hetero) is 1. The summed E-state index contributed by atoms with van der Waals surface area (Å²) in [4.78, 5) is 33.6. The van der Waals surface area contributed by atoms with E-state index in [-0.39, 0.29) is 11.3 Å². The number of amides is 1. The summed E-state index contributed by atoms with van der Waals surface area (Å²) in [5.74, 6) is -0.779. The van der Waals surface area contributed by atoms with Gasteiger partial charge in [-0.1, -0.05) is 84.1 Å². The molecule has 8 heteroatoms. The molecule has 0 aliphatic carbocycles. The van der Waals surface area contributed by atoms with Gasteiger partial charge in [0.1, 0.15) is 12.4 Å². The van der Waals surface area contributed by atoms with Crippen LogP contribution in [0.2, 0.25) is 0 Å². The van der Waals surface area contributed by atoms with Crippen molar-refractivity contribution >= 4 is 44.1 Å². The standard InChI is InChI=1S/C35H30N2O5S/c1-4-41-27-19-25(15-16-26(27)42-20-23-11-7-5-8-12-23)31-29(32(38)24-13-9-6-10-14-24)33(39)34(40)37(31)35-36-30-22(3)17-21(2)18-28(30)43-35/h5-19,31,38H,4,20H2,1-3H3. The van der Waals surface area contributed by atoms with Crippen LogP contribution in [0.1, 0.15) is 40.8 Å². The molecular weight excluding hydrogens is 560 g/mol. The number of benzene rings is 4. The van der Waals surface area contributed by atoms with E-state index < -0.39 is 17.7 Å². The lowest BCUT2D eigenvalue weighted by Gasteiger charge is -2.24. The van der Waals surface area contributed by atoms with Crippen LogP contribution in [0.5, 0.6) is 11.5 Å². The number of aliphatic hydroxyl groups is 1. The fraction of sp³-hybridized carbons (Fsp3) is 0.171. The van der Waals surface area contributed by atoms with Crippen molar-refractivity contribution in [1.29, 1.82) is 0 Å². The number of aromatic nitrogens is 1. The average Bonchev–Trinajstić information content (AvgIpc) is 3.55. The second-order valence-electron chi connectivity index (χ2n) is 10.4. The first-order valence-electron chi connectivity index (χ1n) is 14.0.